The quantitative estimate of drug-likeness (QED) is 0.796. The summed E-state index contributed by atoms with van der Waals surface area (Å²) in [5, 5.41) is 0. The second kappa shape index (κ2) is 5.71. The highest BCUT2D eigenvalue weighted by molar-refractivity contribution is 7.89. The molecule has 0 radical (unpaired) electrons. The molecular weight excluding hydrogens is 295 g/mol. The van der Waals surface area contributed by atoms with E-state index in [9.17, 15) is 21.6 Å². The van der Waals surface area contributed by atoms with Crippen LogP contribution < -0.4 is 0 Å². The summed E-state index contributed by atoms with van der Waals surface area (Å²) in [6.45, 7) is 0.881. The summed E-state index contributed by atoms with van der Waals surface area (Å²) in [4.78, 5) is -0.577. The van der Waals surface area contributed by atoms with Crippen LogP contribution in [0.5, 0.6) is 0 Å². The number of rotatable bonds is 4. The van der Waals surface area contributed by atoms with Crippen LogP contribution in [0, 0.1) is 23.4 Å². The predicted molar refractivity (Wildman–Crippen MR) is 65.1 cm³/mol. The smallest absolute Gasteiger partial charge is 0.243 e. The van der Waals surface area contributed by atoms with Gasteiger partial charge in [0, 0.05) is 20.2 Å². The molecule has 1 aromatic rings. The minimum Gasteiger partial charge on any atom is -0.384 e. The van der Waals surface area contributed by atoms with Crippen molar-refractivity contribution in [1.29, 1.82) is 0 Å². The summed E-state index contributed by atoms with van der Waals surface area (Å²) in [5.41, 5.74) is 0. The molecule has 112 valence electrons. The summed E-state index contributed by atoms with van der Waals surface area (Å²) in [6, 6.07) is 0.995. The zero-order chi connectivity index (χ0) is 14.9. The zero-order valence-electron chi connectivity index (χ0n) is 10.8. The van der Waals surface area contributed by atoms with Gasteiger partial charge in [-0.05, 0) is 24.5 Å². The molecule has 0 saturated carbocycles. The Morgan fingerprint density at radius 1 is 1.30 bits per heavy atom. The molecule has 1 saturated heterocycles. The van der Waals surface area contributed by atoms with Crippen LogP contribution in [0.2, 0.25) is 0 Å². The van der Waals surface area contributed by atoms with E-state index in [2.05, 4.69) is 0 Å². The Balaban J connectivity index is 2.28. The molecule has 1 aliphatic heterocycles. The van der Waals surface area contributed by atoms with Crippen LogP contribution in [0.25, 0.3) is 0 Å². The minimum atomic E-state index is -4.02. The Morgan fingerprint density at radius 2 is 1.90 bits per heavy atom. The molecule has 0 aromatic heterocycles. The van der Waals surface area contributed by atoms with Crippen molar-refractivity contribution in [2.24, 2.45) is 5.92 Å². The summed E-state index contributed by atoms with van der Waals surface area (Å²) in [7, 11) is -2.50. The summed E-state index contributed by atoms with van der Waals surface area (Å²) in [5.74, 6) is -4.67. The molecule has 1 fully saturated rings. The molecule has 1 aromatic carbocycles. The van der Waals surface area contributed by atoms with E-state index in [4.69, 9.17) is 4.74 Å². The standard InChI is InChI=1S/C12H14F3NO3S/c1-19-7-8-2-3-16(6-8)20(17,18)9-4-10(13)12(15)11(14)5-9/h4-5,8H,2-3,6-7H2,1H3. The lowest BCUT2D eigenvalue weighted by Gasteiger charge is -2.16. The van der Waals surface area contributed by atoms with Gasteiger partial charge < -0.3 is 4.74 Å². The van der Waals surface area contributed by atoms with Gasteiger partial charge in [0.15, 0.2) is 17.5 Å². The van der Waals surface area contributed by atoms with Gasteiger partial charge in [-0.1, -0.05) is 0 Å². The molecule has 0 N–H and O–H groups in total. The first-order valence-corrected chi connectivity index (χ1v) is 7.44. The van der Waals surface area contributed by atoms with E-state index in [1.807, 2.05) is 0 Å². The maximum Gasteiger partial charge on any atom is 0.243 e. The highest BCUT2D eigenvalue weighted by atomic mass is 32.2. The van der Waals surface area contributed by atoms with Crippen molar-refractivity contribution in [3.05, 3.63) is 29.6 Å². The Morgan fingerprint density at radius 3 is 2.45 bits per heavy atom. The number of halogens is 3. The molecule has 0 spiro atoms. The first kappa shape index (κ1) is 15.3. The van der Waals surface area contributed by atoms with Crippen LogP contribution in [0.3, 0.4) is 0 Å². The number of hydrogen-bond acceptors (Lipinski definition) is 3. The fourth-order valence-electron chi connectivity index (χ4n) is 2.22. The molecule has 4 nitrogen and oxygen atoms in total. The first-order valence-electron chi connectivity index (χ1n) is 6.00. The van der Waals surface area contributed by atoms with E-state index in [1.165, 1.54) is 7.11 Å². The Labute approximate surface area is 115 Å². The van der Waals surface area contributed by atoms with Crippen LogP contribution >= 0.6 is 0 Å². The summed E-state index contributed by atoms with van der Waals surface area (Å²) in [6.07, 6.45) is 0.610. The Bertz CT molecular complexity index is 583. The van der Waals surface area contributed by atoms with Crippen molar-refractivity contribution in [1.82, 2.24) is 4.31 Å². The average Bonchev–Trinajstić information content (AvgIpc) is 2.85. The van der Waals surface area contributed by atoms with Crippen molar-refractivity contribution in [3.8, 4) is 0 Å². The van der Waals surface area contributed by atoms with Gasteiger partial charge in [0.05, 0.1) is 11.5 Å². The lowest BCUT2D eigenvalue weighted by atomic mass is 10.1. The third kappa shape index (κ3) is 2.82. The van der Waals surface area contributed by atoms with Crippen LogP contribution in [0.1, 0.15) is 6.42 Å². The fraction of sp³-hybridized carbons (Fsp3) is 0.500. The zero-order valence-corrected chi connectivity index (χ0v) is 11.6. The van der Waals surface area contributed by atoms with Gasteiger partial charge >= 0.3 is 0 Å². The molecule has 1 heterocycles. The normalized spacial score (nSPS) is 20.5. The maximum atomic E-state index is 13.1. The number of benzene rings is 1. The van der Waals surface area contributed by atoms with Crippen LogP contribution in [-0.4, -0.2) is 39.5 Å². The van der Waals surface area contributed by atoms with E-state index in [-0.39, 0.29) is 19.0 Å². The predicted octanol–water partition coefficient (Wildman–Crippen LogP) is 1.76. The number of ether oxygens (including phenoxy) is 1. The molecule has 0 amide bonds. The maximum absolute atomic E-state index is 13.1. The number of methoxy groups -OCH3 is 1. The van der Waals surface area contributed by atoms with Crippen molar-refractivity contribution in [3.63, 3.8) is 0 Å². The molecule has 2 rings (SSSR count). The molecule has 0 bridgehead atoms. The second-order valence-corrected chi connectivity index (χ2v) is 6.61. The van der Waals surface area contributed by atoms with Gasteiger partial charge in [-0.25, -0.2) is 21.6 Å². The summed E-state index contributed by atoms with van der Waals surface area (Å²) >= 11 is 0. The topological polar surface area (TPSA) is 46.6 Å². The summed E-state index contributed by atoms with van der Waals surface area (Å²) < 4.78 is 69.7. The molecule has 20 heavy (non-hydrogen) atoms. The van der Waals surface area contributed by atoms with Gasteiger partial charge in [-0.2, -0.15) is 4.31 Å². The Kier molecular flexibility index (Phi) is 4.36. The lowest BCUT2D eigenvalue weighted by molar-refractivity contribution is 0.157. The molecule has 0 aliphatic carbocycles. The largest absolute Gasteiger partial charge is 0.384 e. The monoisotopic (exact) mass is 309 g/mol. The lowest BCUT2D eigenvalue weighted by Crippen LogP contribution is -2.29. The molecule has 8 heteroatoms. The molecule has 1 aliphatic rings. The van der Waals surface area contributed by atoms with Crippen LogP contribution in [0.4, 0.5) is 13.2 Å². The fourth-order valence-corrected chi connectivity index (χ4v) is 3.77. The molecule has 1 atom stereocenters. The third-order valence-electron chi connectivity index (χ3n) is 3.25. The van der Waals surface area contributed by atoms with Gasteiger partial charge in [-0.15, -0.1) is 0 Å². The highest BCUT2D eigenvalue weighted by Crippen LogP contribution is 2.26. The number of sulfonamides is 1. The van der Waals surface area contributed by atoms with Gasteiger partial charge in [0.1, 0.15) is 0 Å². The first-order chi connectivity index (χ1) is 9.36. The Hall–Kier alpha value is -1.12. The van der Waals surface area contributed by atoms with E-state index in [0.717, 1.165) is 4.31 Å². The van der Waals surface area contributed by atoms with Crippen molar-refractivity contribution >= 4 is 10.0 Å². The molecular formula is C12H14F3NO3S. The van der Waals surface area contributed by atoms with Gasteiger partial charge in [-0.3, -0.25) is 0 Å². The van der Waals surface area contributed by atoms with E-state index < -0.39 is 32.4 Å². The SMILES string of the molecule is COCC1CCN(S(=O)(=O)c2cc(F)c(F)c(F)c2)C1. The van der Waals surface area contributed by atoms with E-state index in [1.54, 1.807) is 0 Å². The van der Waals surface area contributed by atoms with Gasteiger partial charge in [0.2, 0.25) is 10.0 Å². The van der Waals surface area contributed by atoms with Crippen molar-refractivity contribution < 1.29 is 26.3 Å². The van der Waals surface area contributed by atoms with Crippen LogP contribution in [-0.2, 0) is 14.8 Å². The third-order valence-corrected chi connectivity index (χ3v) is 5.09. The number of hydrogen-bond donors (Lipinski definition) is 0. The van der Waals surface area contributed by atoms with Crippen LogP contribution in [0.15, 0.2) is 17.0 Å². The number of nitrogens with zero attached hydrogens (tertiary/aromatic N) is 1. The van der Waals surface area contributed by atoms with Crippen molar-refractivity contribution in [2.45, 2.75) is 11.3 Å². The van der Waals surface area contributed by atoms with Crippen molar-refractivity contribution in [2.75, 3.05) is 26.8 Å². The van der Waals surface area contributed by atoms with E-state index in [0.29, 0.717) is 25.2 Å². The van der Waals surface area contributed by atoms with E-state index >= 15 is 0 Å². The minimum absolute atomic E-state index is 0.0462. The second-order valence-electron chi connectivity index (χ2n) is 4.67. The molecule has 1 unspecified atom stereocenters. The average molecular weight is 309 g/mol. The highest BCUT2D eigenvalue weighted by Gasteiger charge is 2.33. The van der Waals surface area contributed by atoms with Gasteiger partial charge in [0.25, 0.3) is 0 Å².